The fourth-order valence-electron chi connectivity index (χ4n) is 3.18. The Labute approximate surface area is 154 Å². The van der Waals surface area contributed by atoms with Crippen LogP contribution in [0.2, 0.25) is 0 Å². The van der Waals surface area contributed by atoms with Crippen LogP contribution in [0.5, 0.6) is 0 Å². The van der Waals surface area contributed by atoms with Crippen molar-refractivity contribution in [2.75, 3.05) is 18.0 Å². The summed E-state index contributed by atoms with van der Waals surface area (Å²) in [6, 6.07) is 9.95. The maximum absolute atomic E-state index is 12.9. The molecule has 0 heterocycles. The Kier molecular flexibility index (Phi) is 6.50. The molecule has 4 nitrogen and oxygen atoms in total. The number of halogens is 1. The standard InChI is InChI=1S/C21H25FN2O2/c1-14-11-15(2)21(16(3)12-14)24(17(4)25)10-9-23-20(26)13-18-5-7-19(22)8-6-18/h5-8,11-12H,9-10,13H2,1-4H3,(H,23,26). The summed E-state index contributed by atoms with van der Waals surface area (Å²) in [5.74, 6) is -0.541. The Balaban J connectivity index is 1.98. The van der Waals surface area contributed by atoms with Crippen molar-refractivity contribution in [3.63, 3.8) is 0 Å². The molecule has 0 aliphatic carbocycles. The summed E-state index contributed by atoms with van der Waals surface area (Å²) in [5.41, 5.74) is 4.87. The molecule has 0 bridgehead atoms. The van der Waals surface area contributed by atoms with Crippen LogP contribution in [0.25, 0.3) is 0 Å². The number of benzene rings is 2. The molecule has 0 unspecified atom stereocenters. The van der Waals surface area contributed by atoms with E-state index in [4.69, 9.17) is 0 Å². The van der Waals surface area contributed by atoms with Gasteiger partial charge in [-0.2, -0.15) is 0 Å². The first-order valence-electron chi connectivity index (χ1n) is 8.65. The molecule has 0 saturated heterocycles. The number of nitrogens with one attached hydrogen (secondary N) is 1. The quantitative estimate of drug-likeness (QED) is 0.862. The SMILES string of the molecule is CC(=O)N(CCNC(=O)Cc1ccc(F)cc1)c1c(C)cc(C)cc1C. The number of hydrogen-bond acceptors (Lipinski definition) is 2. The van der Waals surface area contributed by atoms with E-state index >= 15 is 0 Å². The van der Waals surface area contributed by atoms with Crippen molar-refractivity contribution in [3.05, 3.63) is 64.5 Å². The lowest BCUT2D eigenvalue weighted by atomic mass is 10.0. The fourth-order valence-corrected chi connectivity index (χ4v) is 3.18. The van der Waals surface area contributed by atoms with E-state index in [-0.39, 0.29) is 24.1 Å². The lowest BCUT2D eigenvalue weighted by Crippen LogP contribution is -2.38. The number of nitrogens with zero attached hydrogens (tertiary/aromatic N) is 1. The molecule has 0 atom stereocenters. The van der Waals surface area contributed by atoms with Crippen molar-refractivity contribution >= 4 is 17.5 Å². The highest BCUT2D eigenvalue weighted by Crippen LogP contribution is 2.26. The maximum atomic E-state index is 12.9. The third-order valence-corrected chi connectivity index (χ3v) is 4.22. The molecule has 2 amide bonds. The number of carbonyl (C=O) groups excluding carboxylic acids is 2. The number of amides is 2. The molecule has 2 aromatic carbocycles. The summed E-state index contributed by atoms with van der Waals surface area (Å²) in [6.45, 7) is 8.27. The molecule has 2 aromatic rings. The van der Waals surface area contributed by atoms with Crippen molar-refractivity contribution in [2.24, 2.45) is 0 Å². The van der Waals surface area contributed by atoms with Gasteiger partial charge in [0.2, 0.25) is 11.8 Å². The maximum Gasteiger partial charge on any atom is 0.224 e. The van der Waals surface area contributed by atoms with Crippen LogP contribution in [0.3, 0.4) is 0 Å². The van der Waals surface area contributed by atoms with Crippen molar-refractivity contribution < 1.29 is 14.0 Å². The Morgan fingerprint density at radius 2 is 1.62 bits per heavy atom. The largest absolute Gasteiger partial charge is 0.354 e. The second kappa shape index (κ2) is 8.61. The van der Waals surface area contributed by atoms with E-state index in [1.54, 1.807) is 17.0 Å². The number of rotatable bonds is 6. The highest BCUT2D eigenvalue weighted by molar-refractivity contribution is 5.93. The second-order valence-electron chi connectivity index (χ2n) is 6.57. The highest BCUT2D eigenvalue weighted by Gasteiger charge is 2.16. The first kappa shape index (κ1) is 19.6. The first-order valence-corrected chi connectivity index (χ1v) is 8.65. The van der Waals surface area contributed by atoms with Gasteiger partial charge in [-0.05, 0) is 49.6 Å². The molecule has 0 aliphatic heterocycles. The van der Waals surface area contributed by atoms with E-state index in [1.807, 2.05) is 32.9 Å². The highest BCUT2D eigenvalue weighted by atomic mass is 19.1. The zero-order valence-corrected chi connectivity index (χ0v) is 15.7. The van der Waals surface area contributed by atoms with Gasteiger partial charge in [-0.25, -0.2) is 4.39 Å². The fraction of sp³-hybridized carbons (Fsp3) is 0.333. The summed E-state index contributed by atoms with van der Waals surface area (Å²) >= 11 is 0. The Bertz CT molecular complexity index is 777. The average Bonchev–Trinajstić information content (AvgIpc) is 2.54. The van der Waals surface area contributed by atoms with Gasteiger partial charge in [-0.3, -0.25) is 9.59 Å². The molecule has 0 fully saturated rings. The van der Waals surface area contributed by atoms with Crippen LogP contribution in [-0.2, 0) is 16.0 Å². The van der Waals surface area contributed by atoms with Gasteiger partial charge in [0.15, 0.2) is 0 Å². The van der Waals surface area contributed by atoms with E-state index in [9.17, 15) is 14.0 Å². The van der Waals surface area contributed by atoms with E-state index in [1.165, 1.54) is 19.1 Å². The smallest absolute Gasteiger partial charge is 0.224 e. The molecule has 0 spiro atoms. The summed E-state index contributed by atoms with van der Waals surface area (Å²) < 4.78 is 12.9. The van der Waals surface area contributed by atoms with Crippen molar-refractivity contribution in [1.29, 1.82) is 0 Å². The zero-order chi connectivity index (χ0) is 19.3. The van der Waals surface area contributed by atoms with Crippen LogP contribution in [0.15, 0.2) is 36.4 Å². The molecule has 138 valence electrons. The number of carbonyl (C=O) groups is 2. The third-order valence-electron chi connectivity index (χ3n) is 4.22. The van der Waals surface area contributed by atoms with E-state index in [0.717, 1.165) is 27.9 Å². The van der Waals surface area contributed by atoms with E-state index < -0.39 is 0 Å². The normalized spacial score (nSPS) is 10.5. The van der Waals surface area contributed by atoms with Gasteiger partial charge < -0.3 is 10.2 Å². The predicted molar refractivity (Wildman–Crippen MR) is 102 cm³/mol. The predicted octanol–water partition coefficient (Wildman–Crippen LogP) is 3.46. The van der Waals surface area contributed by atoms with Gasteiger partial charge in [0.25, 0.3) is 0 Å². The molecule has 0 radical (unpaired) electrons. The van der Waals surface area contributed by atoms with Crippen molar-refractivity contribution in [2.45, 2.75) is 34.1 Å². The van der Waals surface area contributed by atoms with Crippen molar-refractivity contribution in [1.82, 2.24) is 5.32 Å². The van der Waals surface area contributed by atoms with Gasteiger partial charge >= 0.3 is 0 Å². The lowest BCUT2D eigenvalue weighted by Gasteiger charge is -2.25. The number of anilines is 1. The van der Waals surface area contributed by atoms with Crippen LogP contribution in [0.4, 0.5) is 10.1 Å². The van der Waals surface area contributed by atoms with E-state index in [2.05, 4.69) is 5.32 Å². The number of hydrogen-bond donors (Lipinski definition) is 1. The molecule has 2 rings (SSSR count). The number of aryl methyl sites for hydroxylation is 3. The van der Waals surface area contributed by atoms with Gasteiger partial charge in [0, 0.05) is 25.7 Å². The Hall–Kier alpha value is -2.69. The molecular weight excluding hydrogens is 331 g/mol. The van der Waals surface area contributed by atoms with Crippen LogP contribution in [0, 0.1) is 26.6 Å². The van der Waals surface area contributed by atoms with Crippen molar-refractivity contribution in [3.8, 4) is 0 Å². The van der Waals surface area contributed by atoms with Gasteiger partial charge in [0.1, 0.15) is 5.82 Å². The molecule has 5 heteroatoms. The van der Waals surface area contributed by atoms with Crippen LogP contribution >= 0.6 is 0 Å². The summed E-state index contributed by atoms with van der Waals surface area (Å²) in [6.07, 6.45) is 0.183. The first-order chi connectivity index (χ1) is 12.3. The average molecular weight is 356 g/mol. The third kappa shape index (κ3) is 5.15. The van der Waals surface area contributed by atoms with Gasteiger partial charge in [0.05, 0.1) is 6.42 Å². The Morgan fingerprint density at radius 3 is 2.15 bits per heavy atom. The topological polar surface area (TPSA) is 49.4 Å². The summed E-state index contributed by atoms with van der Waals surface area (Å²) in [4.78, 5) is 25.9. The minimum absolute atomic E-state index is 0.0622. The Morgan fingerprint density at radius 1 is 1.04 bits per heavy atom. The zero-order valence-electron chi connectivity index (χ0n) is 15.7. The minimum Gasteiger partial charge on any atom is -0.354 e. The van der Waals surface area contributed by atoms with Gasteiger partial charge in [-0.15, -0.1) is 0 Å². The van der Waals surface area contributed by atoms with Crippen LogP contribution in [-0.4, -0.2) is 24.9 Å². The molecule has 0 saturated carbocycles. The monoisotopic (exact) mass is 356 g/mol. The minimum atomic E-state index is -0.324. The molecular formula is C21H25FN2O2. The van der Waals surface area contributed by atoms with Crippen LogP contribution < -0.4 is 10.2 Å². The molecule has 1 N–H and O–H groups in total. The molecule has 0 aliphatic rings. The molecule has 0 aromatic heterocycles. The molecule has 26 heavy (non-hydrogen) atoms. The van der Waals surface area contributed by atoms with Crippen LogP contribution in [0.1, 0.15) is 29.2 Å². The van der Waals surface area contributed by atoms with Gasteiger partial charge in [-0.1, -0.05) is 29.8 Å². The summed E-state index contributed by atoms with van der Waals surface area (Å²) in [7, 11) is 0. The summed E-state index contributed by atoms with van der Waals surface area (Å²) in [5, 5.41) is 2.82. The van der Waals surface area contributed by atoms with E-state index in [0.29, 0.717) is 13.1 Å². The second-order valence-corrected chi connectivity index (χ2v) is 6.57. The lowest BCUT2D eigenvalue weighted by molar-refractivity contribution is -0.121.